The molecule has 6 heteroatoms. The minimum atomic E-state index is 0.582. The Labute approximate surface area is 95.5 Å². The second-order valence-electron chi connectivity index (χ2n) is 3.12. The Morgan fingerprint density at radius 2 is 2.31 bits per heavy atom. The van der Waals surface area contributed by atoms with Gasteiger partial charge in [0.15, 0.2) is 5.76 Å². The van der Waals surface area contributed by atoms with Crippen LogP contribution in [0.25, 0.3) is 17.2 Å². The fourth-order valence-electron chi connectivity index (χ4n) is 1.47. The smallest absolute Gasteiger partial charge is 0.253 e. The molecule has 3 heterocycles. The van der Waals surface area contributed by atoms with Gasteiger partial charge in [0.05, 0.1) is 6.26 Å². The zero-order valence-electron chi connectivity index (χ0n) is 8.49. The molecule has 16 heavy (non-hydrogen) atoms. The highest BCUT2D eigenvalue weighted by molar-refractivity contribution is 7.98. The summed E-state index contributed by atoms with van der Waals surface area (Å²) in [6.45, 7) is 0. The minimum Gasteiger partial charge on any atom is -0.463 e. The Morgan fingerprint density at radius 1 is 1.38 bits per heavy atom. The summed E-state index contributed by atoms with van der Waals surface area (Å²) in [5, 5.41) is 5.03. The molecular formula is C10H8N4OS. The Balaban J connectivity index is 2.28. The van der Waals surface area contributed by atoms with E-state index in [9.17, 15) is 0 Å². The number of hydrogen-bond acceptors (Lipinski definition) is 5. The van der Waals surface area contributed by atoms with E-state index in [1.807, 2.05) is 24.5 Å². The first-order valence-electron chi connectivity index (χ1n) is 4.68. The van der Waals surface area contributed by atoms with Crippen molar-refractivity contribution in [3.8, 4) is 11.5 Å². The van der Waals surface area contributed by atoms with Crippen molar-refractivity contribution in [2.24, 2.45) is 0 Å². The van der Waals surface area contributed by atoms with Crippen molar-refractivity contribution in [3.63, 3.8) is 0 Å². The SMILES string of the molecule is CSc1nc2nccc(-c3ccco3)n2n1. The second kappa shape index (κ2) is 3.64. The molecule has 0 atom stereocenters. The highest BCUT2D eigenvalue weighted by atomic mass is 32.2. The quantitative estimate of drug-likeness (QED) is 0.633. The molecule has 5 nitrogen and oxygen atoms in total. The molecule has 0 aliphatic heterocycles. The lowest BCUT2D eigenvalue weighted by Crippen LogP contribution is -1.94. The van der Waals surface area contributed by atoms with E-state index in [2.05, 4.69) is 15.1 Å². The van der Waals surface area contributed by atoms with Gasteiger partial charge in [0.2, 0.25) is 5.16 Å². The highest BCUT2D eigenvalue weighted by Crippen LogP contribution is 2.20. The van der Waals surface area contributed by atoms with Crippen LogP contribution in [-0.4, -0.2) is 25.8 Å². The van der Waals surface area contributed by atoms with Crippen LogP contribution in [0, 0.1) is 0 Å². The Kier molecular flexibility index (Phi) is 2.14. The van der Waals surface area contributed by atoms with E-state index in [-0.39, 0.29) is 0 Å². The standard InChI is InChI=1S/C10H8N4OS/c1-16-10-12-9-11-5-4-7(14(9)13-10)8-3-2-6-15-8/h2-6H,1H3. The van der Waals surface area contributed by atoms with Crippen LogP contribution < -0.4 is 0 Å². The maximum atomic E-state index is 5.35. The molecular weight excluding hydrogens is 224 g/mol. The molecule has 0 bridgehead atoms. The summed E-state index contributed by atoms with van der Waals surface area (Å²) in [6, 6.07) is 5.58. The van der Waals surface area contributed by atoms with Crippen molar-refractivity contribution in [2.75, 3.05) is 6.26 Å². The van der Waals surface area contributed by atoms with E-state index < -0.39 is 0 Å². The average molecular weight is 232 g/mol. The van der Waals surface area contributed by atoms with Crippen molar-refractivity contribution in [2.45, 2.75) is 5.16 Å². The summed E-state index contributed by atoms with van der Waals surface area (Å²) in [6.07, 6.45) is 5.27. The molecule has 0 radical (unpaired) electrons. The van der Waals surface area contributed by atoms with E-state index >= 15 is 0 Å². The van der Waals surface area contributed by atoms with Crippen LogP contribution in [0.1, 0.15) is 0 Å². The molecule has 0 amide bonds. The van der Waals surface area contributed by atoms with Crippen molar-refractivity contribution in [1.29, 1.82) is 0 Å². The number of nitrogens with zero attached hydrogens (tertiary/aromatic N) is 4. The number of aromatic nitrogens is 4. The average Bonchev–Trinajstić information content (AvgIpc) is 2.97. The largest absolute Gasteiger partial charge is 0.463 e. The topological polar surface area (TPSA) is 56.2 Å². The molecule has 0 aliphatic carbocycles. The Bertz CT molecular complexity index is 617. The van der Waals surface area contributed by atoms with Crippen molar-refractivity contribution < 1.29 is 4.42 Å². The van der Waals surface area contributed by atoms with E-state index in [0.29, 0.717) is 10.9 Å². The molecule has 0 saturated carbocycles. The molecule has 0 saturated heterocycles. The van der Waals surface area contributed by atoms with Crippen LogP contribution in [0.2, 0.25) is 0 Å². The summed E-state index contributed by atoms with van der Waals surface area (Å²) in [7, 11) is 0. The summed E-state index contributed by atoms with van der Waals surface area (Å²) in [5.74, 6) is 1.34. The van der Waals surface area contributed by atoms with Gasteiger partial charge in [0, 0.05) is 6.20 Å². The third kappa shape index (κ3) is 1.38. The minimum absolute atomic E-state index is 0.582. The lowest BCUT2D eigenvalue weighted by atomic mass is 10.3. The molecule has 0 fully saturated rings. The van der Waals surface area contributed by atoms with Crippen LogP contribution in [-0.2, 0) is 0 Å². The van der Waals surface area contributed by atoms with Crippen LogP contribution in [0.5, 0.6) is 0 Å². The van der Waals surface area contributed by atoms with E-state index in [4.69, 9.17) is 4.42 Å². The van der Waals surface area contributed by atoms with Crippen LogP contribution in [0.15, 0.2) is 40.2 Å². The Morgan fingerprint density at radius 3 is 3.06 bits per heavy atom. The predicted octanol–water partition coefficient (Wildman–Crippen LogP) is 2.11. The molecule has 3 rings (SSSR count). The van der Waals surface area contributed by atoms with E-state index in [0.717, 1.165) is 11.5 Å². The molecule has 0 spiro atoms. The first-order chi connectivity index (χ1) is 7.88. The normalized spacial score (nSPS) is 11.1. The van der Waals surface area contributed by atoms with Gasteiger partial charge >= 0.3 is 0 Å². The lowest BCUT2D eigenvalue weighted by molar-refractivity contribution is 0.577. The van der Waals surface area contributed by atoms with E-state index in [1.54, 1.807) is 17.0 Å². The first kappa shape index (κ1) is 9.41. The van der Waals surface area contributed by atoms with Crippen molar-refractivity contribution in [3.05, 3.63) is 30.7 Å². The van der Waals surface area contributed by atoms with Crippen molar-refractivity contribution >= 4 is 17.5 Å². The summed E-state index contributed by atoms with van der Waals surface area (Å²) in [4.78, 5) is 8.42. The molecule has 0 aliphatic rings. The molecule has 3 aromatic heterocycles. The van der Waals surface area contributed by atoms with Gasteiger partial charge in [-0.3, -0.25) is 0 Å². The zero-order chi connectivity index (χ0) is 11.0. The molecule has 3 aromatic rings. The van der Waals surface area contributed by atoms with E-state index in [1.165, 1.54) is 11.8 Å². The summed E-state index contributed by atoms with van der Waals surface area (Å²) in [5.41, 5.74) is 0.850. The maximum absolute atomic E-state index is 5.35. The van der Waals surface area contributed by atoms with Gasteiger partial charge in [0.25, 0.3) is 5.78 Å². The molecule has 0 N–H and O–H groups in total. The zero-order valence-corrected chi connectivity index (χ0v) is 9.31. The third-order valence-corrected chi connectivity index (χ3v) is 2.72. The maximum Gasteiger partial charge on any atom is 0.253 e. The lowest BCUT2D eigenvalue weighted by Gasteiger charge is -1.98. The van der Waals surface area contributed by atoms with Gasteiger partial charge in [0.1, 0.15) is 5.69 Å². The number of thioether (sulfide) groups is 1. The summed E-state index contributed by atoms with van der Waals surface area (Å²) >= 11 is 1.49. The first-order valence-corrected chi connectivity index (χ1v) is 5.90. The number of rotatable bonds is 2. The second-order valence-corrected chi connectivity index (χ2v) is 3.89. The fourth-order valence-corrected chi connectivity index (χ4v) is 1.81. The fraction of sp³-hybridized carbons (Fsp3) is 0.100. The number of hydrogen-bond donors (Lipinski definition) is 0. The van der Waals surface area contributed by atoms with Crippen LogP contribution in [0.3, 0.4) is 0 Å². The number of furan rings is 1. The van der Waals surface area contributed by atoms with Gasteiger partial charge in [-0.2, -0.15) is 9.50 Å². The van der Waals surface area contributed by atoms with Gasteiger partial charge in [-0.15, -0.1) is 5.10 Å². The highest BCUT2D eigenvalue weighted by Gasteiger charge is 2.10. The monoisotopic (exact) mass is 232 g/mol. The van der Waals surface area contributed by atoms with Gasteiger partial charge in [-0.1, -0.05) is 11.8 Å². The Hall–Kier alpha value is -1.82. The number of fused-ring (bicyclic) bond motifs is 1. The van der Waals surface area contributed by atoms with Crippen LogP contribution in [0.4, 0.5) is 0 Å². The summed E-state index contributed by atoms with van der Waals surface area (Å²) < 4.78 is 7.03. The van der Waals surface area contributed by atoms with Gasteiger partial charge < -0.3 is 4.42 Å². The molecule has 80 valence electrons. The van der Waals surface area contributed by atoms with Gasteiger partial charge in [-0.05, 0) is 24.5 Å². The van der Waals surface area contributed by atoms with Crippen molar-refractivity contribution in [1.82, 2.24) is 19.6 Å². The molecule has 0 aromatic carbocycles. The van der Waals surface area contributed by atoms with Crippen LogP contribution >= 0.6 is 11.8 Å². The van der Waals surface area contributed by atoms with Gasteiger partial charge in [-0.25, -0.2) is 4.98 Å². The predicted molar refractivity (Wildman–Crippen MR) is 60.3 cm³/mol. The molecule has 0 unspecified atom stereocenters. The third-order valence-electron chi connectivity index (χ3n) is 2.18.